The highest BCUT2D eigenvalue weighted by molar-refractivity contribution is 5.69. The molecule has 0 saturated heterocycles. The summed E-state index contributed by atoms with van der Waals surface area (Å²) in [7, 11) is 0. The highest BCUT2D eigenvalue weighted by Gasteiger charge is 2.03. The fraction of sp³-hybridized carbons (Fsp3) is 0.950. The van der Waals surface area contributed by atoms with Crippen LogP contribution in [0.1, 0.15) is 105 Å². The second-order valence-electron chi connectivity index (χ2n) is 7.52. The Morgan fingerprint density at radius 3 is 1.68 bits per heavy atom. The van der Waals surface area contributed by atoms with Crippen molar-refractivity contribution in [1.82, 2.24) is 0 Å². The molecule has 0 unspecified atom stereocenters. The Morgan fingerprint density at radius 1 is 0.682 bits per heavy atom. The van der Waals surface area contributed by atoms with Crippen LogP contribution in [0.5, 0.6) is 0 Å². The van der Waals surface area contributed by atoms with E-state index in [0.717, 1.165) is 25.2 Å². The highest BCUT2D eigenvalue weighted by Crippen LogP contribution is 2.13. The van der Waals surface area contributed by atoms with Crippen LogP contribution in [0.2, 0.25) is 0 Å². The fourth-order valence-electron chi connectivity index (χ4n) is 2.63. The van der Waals surface area contributed by atoms with Gasteiger partial charge in [0.05, 0.1) is 6.61 Å². The van der Waals surface area contributed by atoms with E-state index >= 15 is 0 Å². The first kappa shape index (κ1) is 21.5. The molecule has 0 aliphatic carbocycles. The molecule has 0 radical (unpaired) electrons. The average molecular weight is 313 g/mol. The normalized spacial score (nSPS) is 11.4. The largest absolute Gasteiger partial charge is 0.466 e. The molecule has 2 nitrogen and oxygen atoms in total. The van der Waals surface area contributed by atoms with Gasteiger partial charge in [-0.1, -0.05) is 79.1 Å². The third kappa shape index (κ3) is 17.5. The van der Waals surface area contributed by atoms with Gasteiger partial charge in [-0.2, -0.15) is 0 Å². The summed E-state index contributed by atoms with van der Waals surface area (Å²) in [5.74, 6) is 1.55. The number of hydrogen-bond acceptors (Lipinski definition) is 2. The minimum atomic E-state index is -0.00237. The van der Waals surface area contributed by atoms with Crippen LogP contribution in [0.15, 0.2) is 0 Å². The van der Waals surface area contributed by atoms with Gasteiger partial charge in [-0.3, -0.25) is 4.79 Å². The average Bonchev–Trinajstić information content (AvgIpc) is 2.45. The zero-order valence-corrected chi connectivity index (χ0v) is 15.7. The van der Waals surface area contributed by atoms with Crippen molar-refractivity contribution in [3.8, 4) is 0 Å². The Balaban J connectivity index is 3.17. The van der Waals surface area contributed by atoms with Crippen LogP contribution in [0.4, 0.5) is 0 Å². The molecule has 0 aliphatic rings. The van der Waals surface area contributed by atoms with Crippen molar-refractivity contribution in [1.29, 1.82) is 0 Å². The van der Waals surface area contributed by atoms with Gasteiger partial charge in [0.2, 0.25) is 0 Å². The molecule has 0 aromatic heterocycles. The summed E-state index contributed by atoms with van der Waals surface area (Å²) in [6.45, 7) is 9.61. The first-order valence-corrected chi connectivity index (χ1v) is 9.68. The predicted molar refractivity (Wildman–Crippen MR) is 96.0 cm³/mol. The summed E-state index contributed by atoms with van der Waals surface area (Å²) in [5.41, 5.74) is 0. The smallest absolute Gasteiger partial charge is 0.305 e. The van der Waals surface area contributed by atoms with Crippen LogP contribution < -0.4 is 0 Å². The van der Waals surface area contributed by atoms with Crippen molar-refractivity contribution in [2.45, 2.75) is 105 Å². The number of carbonyl (C=O) groups excluding carboxylic acids is 1. The van der Waals surface area contributed by atoms with E-state index < -0.39 is 0 Å². The molecule has 2 heteroatoms. The maximum absolute atomic E-state index is 11.5. The Kier molecular flexibility index (Phi) is 15.0. The Morgan fingerprint density at radius 2 is 1.14 bits per heavy atom. The van der Waals surface area contributed by atoms with Crippen molar-refractivity contribution >= 4 is 5.97 Å². The van der Waals surface area contributed by atoms with Gasteiger partial charge in [0.15, 0.2) is 0 Å². The van der Waals surface area contributed by atoms with E-state index in [9.17, 15) is 4.79 Å². The molecule has 0 saturated carbocycles. The van der Waals surface area contributed by atoms with E-state index in [0.29, 0.717) is 18.9 Å². The van der Waals surface area contributed by atoms with Gasteiger partial charge in [-0.15, -0.1) is 0 Å². The molecular formula is C20H40O2. The Hall–Kier alpha value is -0.530. The number of carbonyl (C=O) groups is 1. The molecule has 0 aromatic rings. The number of unbranched alkanes of at least 4 members (excludes halogenated alkanes) is 7. The lowest BCUT2D eigenvalue weighted by atomic mass is 10.0. The molecule has 22 heavy (non-hydrogen) atoms. The van der Waals surface area contributed by atoms with Gasteiger partial charge in [-0.25, -0.2) is 0 Å². The maximum atomic E-state index is 11.5. The fourth-order valence-corrected chi connectivity index (χ4v) is 2.63. The molecule has 0 spiro atoms. The molecule has 0 rings (SSSR count). The van der Waals surface area contributed by atoms with E-state index in [4.69, 9.17) is 4.74 Å². The third-order valence-electron chi connectivity index (χ3n) is 4.10. The standard InChI is InChI=1S/C20H40O2/c1-18(2)14-11-9-7-5-6-8-10-12-16-20(21)22-17-13-15-19(3)4/h18-19H,5-17H2,1-4H3. The maximum Gasteiger partial charge on any atom is 0.305 e. The highest BCUT2D eigenvalue weighted by atomic mass is 16.5. The topological polar surface area (TPSA) is 26.3 Å². The quantitative estimate of drug-likeness (QED) is 0.254. The Bertz CT molecular complexity index is 246. The van der Waals surface area contributed by atoms with Gasteiger partial charge in [0, 0.05) is 6.42 Å². The first-order valence-electron chi connectivity index (χ1n) is 9.68. The van der Waals surface area contributed by atoms with E-state index in [-0.39, 0.29) is 5.97 Å². The minimum absolute atomic E-state index is 0.00237. The third-order valence-corrected chi connectivity index (χ3v) is 4.10. The van der Waals surface area contributed by atoms with Crippen LogP contribution in [-0.4, -0.2) is 12.6 Å². The summed E-state index contributed by atoms with van der Waals surface area (Å²) >= 11 is 0. The lowest BCUT2D eigenvalue weighted by molar-refractivity contribution is -0.143. The molecule has 0 amide bonds. The van der Waals surface area contributed by atoms with Gasteiger partial charge >= 0.3 is 5.97 Å². The van der Waals surface area contributed by atoms with Crippen LogP contribution >= 0.6 is 0 Å². The predicted octanol–water partition coefficient (Wildman–Crippen LogP) is 6.52. The molecule has 132 valence electrons. The van der Waals surface area contributed by atoms with Crippen molar-refractivity contribution in [3.63, 3.8) is 0 Å². The molecule has 0 atom stereocenters. The molecule has 0 heterocycles. The van der Waals surface area contributed by atoms with Crippen molar-refractivity contribution < 1.29 is 9.53 Å². The molecule has 0 N–H and O–H groups in total. The van der Waals surface area contributed by atoms with Crippen LogP contribution in [0.25, 0.3) is 0 Å². The van der Waals surface area contributed by atoms with E-state index in [1.54, 1.807) is 0 Å². The molecule has 0 bridgehead atoms. The van der Waals surface area contributed by atoms with E-state index in [1.807, 2.05) is 0 Å². The summed E-state index contributed by atoms with van der Waals surface area (Å²) in [4.78, 5) is 11.5. The van der Waals surface area contributed by atoms with Crippen molar-refractivity contribution in [2.24, 2.45) is 11.8 Å². The molecule has 0 fully saturated rings. The summed E-state index contributed by atoms with van der Waals surface area (Å²) in [5, 5.41) is 0. The zero-order valence-electron chi connectivity index (χ0n) is 15.7. The Labute approximate surface area is 139 Å². The SMILES string of the molecule is CC(C)CCCCCCCCCCC(=O)OCCCC(C)C. The van der Waals surface area contributed by atoms with Crippen LogP contribution in [-0.2, 0) is 9.53 Å². The van der Waals surface area contributed by atoms with Gasteiger partial charge < -0.3 is 4.74 Å². The minimum Gasteiger partial charge on any atom is -0.466 e. The van der Waals surface area contributed by atoms with E-state index in [1.165, 1.54) is 51.4 Å². The second-order valence-corrected chi connectivity index (χ2v) is 7.52. The number of rotatable bonds is 15. The van der Waals surface area contributed by atoms with Crippen molar-refractivity contribution in [2.75, 3.05) is 6.61 Å². The van der Waals surface area contributed by atoms with Gasteiger partial charge in [0.1, 0.15) is 0 Å². The zero-order chi connectivity index (χ0) is 16.6. The number of esters is 1. The number of ether oxygens (including phenoxy) is 1. The lowest BCUT2D eigenvalue weighted by Crippen LogP contribution is -2.06. The van der Waals surface area contributed by atoms with Gasteiger partial charge in [-0.05, 0) is 31.1 Å². The molecular weight excluding hydrogens is 272 g/mol. The molecule has 0 aliphatic heterocycles. The van der Waals surface area contributed by atoms with Crippen LogP contribution in [0, 0.1) is 11.8 Å². The summed E-state index contributed by atoms with van der Waals surface area (Å²) < 4.78 is 5.24. The molecule has 0 aromatic carbocycles. The number of hydrogen-bond donors (Lipinski definition) is 0. The lowest BCUT2D eigenvalue weighted by Gasteiger charge is -2.06. The monoisotopic (exact) mass is 312 g/mol. The first-order chi connectivity index (χ1) is 10.5. The summed E-state index contributed by atoms with van der Waals surface area (Å²) in [6.07, 6.45) is 14.4. The summed E-state index contributed by atoms with van der Waals surface area (Å²) in [6, 6.07) is 0. The van der Waals surface area contributed by atoms with Crippen LogP contribution in [0.3, 0.4) is 0 Å². The van der Waals surface area contributed by atoms with E-state index in [2.05, 4.69) is 27.7 Å². The second kappa shape index (κ2) is 15.4. The van der Waals surface area contributed by atoms with Crippen molar-refractivity contribution in [3.05, 3.63) is 0 Å². The van der Waals surface area contributed by atoms with Gasteiger partial charge in [0.25, 0.3) is 0 Å².